The van der Waals surface area contributed by atoms with E-state index >= 15 is 0 Å². The Morgan fingerprint density at radius 3 is 2.53 bits per heavy atom. The number of benzene rings is 1. The molecule has 1 aromatic heterocycles. The molecule has 0 bridgehead atoms. The maximum absolute atomic E-state index is 10.5. The molecule has 94 valence electrons. The lowest BCUT2D eigenvalue weighted by atomic mass is 10.2. The second kappa shape index (κ2) is 5.55. The van der Waals surface area contributed by atoms with E-state index in [4.69, 9.17) is 5.26 Å². The van der Waals surface area contributed by atoms with Gasteiger partial charge in [-0.3, -0.25) is 10.1 Å². The molecule has 7 nitrogen and oxygen atoms in total. The maximum Gasteiger partial charge on any atom is 0.269 e. The second-order valence-corrected chi connectivity index (χ2v) is 3.68. The molecular formula is C12H9N5O2. The van der Waals surface area contributed by atoms with Crippen molar-refractivity contribution in [2.45, 2.75) is 6.54 Å². The van der Waals surface area contributed by atoms with Crippen LogP contribution in [-0.2, 0) is 6.54 Å². The standard InChI is InChI=1S/C12H9N5O2/c13-5-10-7-16-12(8-14-10)15-6-9-1-3-11(4-2-9)17(18)19/h1-4,7-8H,6H2,(H,15,16). The first-order valence-electron chi connectivity index (χ1n) is 5.38. The average molecular weight is 255 g/mol. The van der Waals surface area contributed by atoms with Crippen LogP contribution >= 0.6 is 0 Å². The van der Waals surface area contributed by atoms with E-state index < -0.39 is 4.92 Å². The number of hydrogen-bond acceptors (Lipinski definition) is 6. The third-order valence-corrected chi connectivity index (χ3v) is 2.39. The number of aromatic nitrogens is 2. The Balaban J connectivity index is 1.98. The number of nitriles is 1. The molecule has 7 heteroatoms. The average Bonchev–Trinajstić information content (AvgIpc) is 2.46. The third kappa shape index (κ3) is 3.23. The lowest BCUT2D eigenvalue weighted by Crippen LogP contribution is -2.02. The minimum atomic E-state index is -0.441. The van der Waals surface area contributed by atoms with Crippen molar-refractivity contribution in [1.29, 1.82) is 5.26 Å². The van der Waals surface area contributed by atoms with Crippen LogP contribution in [0.25, 0.3) is 0 Å². The second-order valence-electron chi connectivity index (χ2n) is 3.68. The fourth-order valence-electron chi connectivity index (χ4n) is 1.41. The van der Waals surface area contributed by atoms with Crippen molar-refractivity contribution in [2.75, 3.05) is 5.32 Å². The van der Waals surface area contributed by atoms with Crippen LogP contribution in [0.4, 0.5) is 11.5 Å². The SMILES string of the molecule is N#Cc1cnc(NCc2ccc([N+](=O)[O-])cc2)cn1. The summed E-state index contributed by atoms with van der Waals surface area (Å²) >= 11 is 0. The molecule has 0 fully saturated rings. The molecule has 0 aliphatic carbocycles. The van der Waals surface area contributed by atoms with E-state index in [0.717, 1.165) is 5.56 Å². The van der Waals surface area contributed by atoms with Crippen molar-refractivity contribution in [3.63, 3.8) is 0 Å². The number of non-ortho nitro benzene ring substituents is 1. The third-order valence-electron chi connectivity index (χ3n) is 2.39. The normalized spacial score (nSPS) is 9.63. The van der Waals surface area contributed by atoms with E-state index in [9.17, 15) is 10.1 Å². The molecule has 0 aliphatic rings. The van der Waals surface area contributed by atoms with Gasteiger partial charge in [-0.15, -0.1) is 0 Å². The topological polar surface area (TPSA) is 105 Å². The molecule has 2 aromatic rings. The van der Waals surface area contributed by atoms with Crippen molar-refractivity contribution in [3.05, 3.63) is 58.0 Å². The molecule has 1 aromatic carbocycles. The number of hydrogen-bond donors (Lipinski definition) is 1. The van der Waals surface area contributed by atoms with Gasteiger partial charge < -0.3 is 5.32 Å². The molecule has 0 spiro atoms. The lowest BCUT2D eigenvalue weighted by Gasteiger charge is -2.04. The summed E-state index contributed by atoms with van der Waals surface area (Å²) in [5.41, 5.74) is 1.19. The predicted molar refractivity (Wildman–Crippen MR) is 67.2 cm³/mol. The molecule has 1 N–H and O–H groups in total. The van der Waals surface area contributed by atoms with Gasteiger partial charge in [-0.05, 0) is 5.56 Å². The summed E-state index contributed by atoms with van der Waals surface area (Å²) in [4.78, 5) is 17.9. The molecule has 0 saturated heterocycles. The number of nitrogens with one attached hydrogen (secondary N) is 1. The van der Waals surface area contributed by atoms with E-state index in [0.29, 0.717) is 12.4 Å². The van der Waals surface area contributed by atoms with E-state index in [1.165, 1.54) is 24.5 Å². The van der Waals surface area contributed by atoms with Gasteiger partial charge in [0.25, 0.3) is 5.69 Å². The van der Waals surface area contributed by atoms with E-state index in [1.54, 1.807) is 12.1 Å². The quantitative estimate of drug-likeness (QED) is 0.660. The van der Waals surface area contributed by atoms with Gasteiger partial charge in [0, 0.05) is 18.7 Å². The van der Waals surface area contributed by atoms with Gasteiger partial charge in [-0.1, -0.05) is 12.1 Å². The molecule has 0 amide bonds. The van der Waals surface area contributed by atoms with Gasteiger partial charge in [-0.25, -0.2) is 9.97 Å². The zero-order valence-corrected chi connectivity index (χ0v) is 9.78. The van der Waals surface area contributed by atoms with Gasteiger partial charge in [-0.2, -0.15) is 5.26 Å². The van der Waals surface area contributed by atoms with Crippen LogP contribution in [-0.4, -0.2) is 14.9 Å². The number of nitro benzene ring substituents is 1. The van der Waals surface area contributed by atoms with Crippen LogP contribution < -0.4 is 5.32 Å². The van der Waals surface area contributed by atoms with Gasteiger partial charge in [0.2, 0.25) is 0 Å². The first kappa shape index (κ1) is 12.4. The molecular weight excluding hydrogens is 246 g/mol. The molecule has 0 saturated carbocycles. The Morgan fingerprint density at radius 1 is 1.26 bits per heavy atom. The zero-order valence-electron chi connectivity index (χ0n) is 9.78. The smallest absolute Gasteiger partial charge is 0.269 e. The fourth-order valence-corrected chi connectivity index (χ4v) is 1.41. The van der Waals surface area contributed by atoms with Gasteiger partial charge in [0.15, 0.2) is 5.69 Å². The Kier molecular flexibility index (Phi) is 3.64. The Labute approximate surface area is 108 Å². The molecule has 1 heterocycles. The van der Waals surface area contributed by atoms with Crippen LogP contribution in [0.2, 0.25) is 0 Å². The lowest BCUT2D eigenvalue weighted by molar-refractivity contribution is -0.384. The van der Waals surface area contributed by atoms with Crippen LogP contribution in [0.5, 0.6) is 0 Å². The van der Waals surface area contributed by atoms with Gasteiger partial charge >= 0.3 is 0 Å². The number of anilines is 1. The molecule has 0 atom stereocenters. The highest BCUT2D eigenvalue weighted by Gasteiger charge is 2.04. The van der Waals surface area contributed by atoms with E-state index in [1.807, 2.05) is 6.07 Å². The number of nitrogens with zero attached hydrogens (tertiary/aromatic N) is 4. The van der Waals surface area contributed by atoms with E-state index in [2.05, 4.69) is 15.3 Å². The minimum Gasteiger partial charge on any atom is -0.365 e. The highest BCUT2D eigenvalue weighted by Crippen LogP contribution is 2.12. The summed E-state index contributed by atoms with van der Waals surface area (Å²) in [7, 11) is 0. The minimum absolute atomic E-state index is 0.0573. The molecule has 19 heavy (non-hydrogen) atoms. The summed E-state index contributed by atoms with van der Waals surface area (Å²) in [5, 5.41) is 22.1. The monoisotopic (exact) mass is 255 g/mol. The number of nitro groups is 1. The van der Waals surface area contributed by atoms with Gasteiger partial charge in [0.05, 0.1) is 17.3 Å². The fraction of sp³-hybridized carbons (Fsp3) is 0.0833. The Hall–Kier alpha value is -3.01. The van der Waals surface area contributed by atoms with E-state index in [-0.39, 0.29) is 11.4 Å². The largest absolute Gasteiger partial charge is 0.365 e. The molecule has 0 unspecified atom stereocenters. The summed E-state index contributed by atoms with van der Waals surface area (Å²) in [6.45, 7) is 0.471. The maximum atomic E-state index is 10.5. The summed E-state index contributed by atoms with van der Waals surface area (Å²) in [6, 6.07) is 8.11. The van der Waals surface area contributed by atoms with Crippen LogP contribution in [0.3, 0.4) is 0 Å². The van der Waals surface area contributed by atoms with Crippen molar-refractivity contribution >= 4 is 11.5 Å². The summed E-state index contributed by atoms with van der Waals surface area (Å²) in [5.74, 6) is 0.539. The summed E-state index contributed by atoms with van der Waals surface area (Å²) in [6.07, 6.45) is 2.84. The first-order valence-corrected chi connectivity index (χ1v) is 5.38. The molecule has 2 rings (SSSR count). The van der Waals surface area contributed by atoms with Crippen molar-refractivity contribution in [2.24, 2.45) is 0 Å². The highest BCUT2D eigenvalue weighted by molar-refractivity contribution is 5.37. The summed E-state index contributed by atoms with van der Waals surface area (Å²) < 4.78 is 0. The number of rotatable bonds is 4. The van der Waals surface area contributed by atoms with Crippen molar-refractivity contribution in [1.82, 2.24) is 9.97 Å². The Morgan fingerprint density at radius 2 is 2.00 bits per heavy atom. The van der Waals surface area contributed by atoms with Crippen LogP contribution in [0, 0.1) is 21.4 Å². The highest BCUT2D eigenvalue weighted by atomic mass is 16.6. The van der Waals surface area contributed by atoms with Crippen LogP contribution in [0.1, 0.15) is 11.3 Å². The predicted octanol–water partition coefficient (Wildman–Crippen LogP) is 1.87. The molecule has 0 radical (unpaired) electrons. The molecule has 0 aliphatic heterocycles. The Bertz CT molecular complexity index is 616. The van der Waals surface area contributed by atoms with Crippen LogP contribution in [0.15, 0.2) is 36.7 Å². The van der Waals surface area contributed by atoms with Gasteiger partial charge in [0.1, 0.15) is 11.9 Å². The van der Waals surface area contributed by atoms with Crippen molar-refractivity contribution in [3.8, 4) is 6.07 Å². The first-order chi connectivity index (χ1) is 9.19. The van der Waals surface area contributed by atoms with Crippen molar-refractivity contribution < 1.29 is 4.92 Å². The zero-order chi connectivity index (χ0) is 13.7.